The van der Waals surface area contributed by atoms with E-state index in [0.717, 1.165) is 5.56 Å². The van der Waals surface area contributed by atoms with E-state index in [1.807, 2.05) is 6.08 Å². The molecule has 3 aliphatic heterocycles. The molecule has 0 aromatic heterocycles. The number of hydrogen-bond donors (Lipinski definition) is 1. The molecular weight excluding hydrogens is 341 g/mol. The van der Waals surface area contributed by atoms with Crippen LogP contribution in [0.15, 0.2) is 30.4 Å². The topological polar surface area (TPSA) is 66.8 Å². The van der Waals surface area contributed by atoms with Crippen LogP contribution in [0.3, 0.4) is 0 Å². The Morgan fingerprint density at radius 2 is 2.22 bits per heavy atom. The van der Waals surface area contributed by atoms with Crippen molar-refractivity contribution in [3.8, 4) is 0 Å². The monoisotopic (exact) mass is 353 g/mol. The number of likely N-dealkylation sites (tertiary alicyclic amines) is 1. The molecule has 1 aromatic carbocycles. The first-order valence-corrected chi connectivity index (χ1v) is 8.00. The summed E-state index contributed by atoms with van der Waals surface area (Å²) in [6.45, 7) is 0.612. The molecule has 120 valence electrons. The van der Waals surface area contributed by atoms with Crippen LogP contribution in [-0.2, 0) is 20.9 Å². The average molecular weight is 354 g/mol. The molecule has 1 aromatic rings. The molecule has 0 aliphatic carbocycles. The molecule has 2 fully saturated rings. The summed E-state index contributed by atoms with van der Waals surface area (Å²) >= 11 is 12.2. The van der Waals surface area contributed by atoms with Crippen LogP contribution in [0, 0.1) is 11.8 Å². The van der Waals surface area contributed by atoms with E-state index in [1.165, 1.54) is 0 Å². The Balaban J connectivity index is 1.64. The fourth-order valence-electron chi connectivity index (χ4n) is 3.87. The summed E-state index contributed by atoms with van der Waals surface area (Å²) in [4.78, 5) is 25.9. The molecule has 4 rings (SSSR count). The van der Waals surface area contributed by atoms with Gasteiger partial charge in [0.1, 0.15) is 11.5 Å². The normalized spacial score (nSPS) is 34.3. The van der Waals surface area contributed by atoms with Gasteiger partial charge in [-0.05, 0) is 11.6 Å². The summed E-state index contributed by atoms with van der Waals surface area (Å²) in [7, 11) is 0. The number of carboxylic acid groups (broad SMARTS) is 1. The number of carbonyl (C=O) groups is 2. The number of carboxylic acids is 1. The molecule has 4 atom stereocenters. The Bertz CT molecular complexity index is 750. The van der Waals surface area contributed by atoms with E-state index in [0.29, 0.717) is 16.6 Å². The van der Waals surface area contributed by atoms with E-state index >= 15 is 0 Å². The second kappa shape index (κ2) is 4.97. The second-order valence-corrected chi connectivity index (χ2v) is 6.93. The summed E-state index contributed by atoms with van der Waals surface area (Å²) in [5, 5.41) is 10.3. The molecule has 3 heterocycles. The Labute approximate surface area is 142 Å². The van der Waals surface area contributed by atoms with E-state index in [2.05, 4.69) is 0 Å². The predicted octanol–water partition coefficient (Wildman–Crippen LogP) is 2.36. The van der Waals surface area contributed by atoms with E-state index in [-0.39, 0.29) is 12.5 Å². The largest absolute Gasteiger partial charge is 0.481 e. The molecule has 0 saturated carbocycles. The highest BCUT2D eigenvalue weighted by Gasteiger charge is 2.67. The number of fused-ring (bicyclic) bond motifs is 1. The first kappa shape index (κ1) is 15.0. The minimum absolute atomic E-state index is 0.208. The second-order valence-electron chi connectivity index (χ2n) is 6.15. The maximum atomic E-state index is 12.8. The zero-order valence-corrected chi connectivity index (χ0v) is 13.4. The third-order valence-electron chi connectivity index (χ3n) is 4.86. The lowest BCUT2D eigenvalue weighted by Gasteiger charge is -2.21. The molecular formula is C16H13Cl2NO4. The predicted molar refractivity (Wildman–Crippen MR) is 83.2 cm³/mol. The van der Waals surface area contributed by atoms with Crippen LogP contribution in [0.1, 0.15) is 5.56 Å². The van der Waals surface area contributed by atoms with E-state index in [1.54, 1.807) is 29.2 Å². The number of aliphatic carboxylic acids is 1. The Morgan fingerprint density at radius 3 is 2.96 bits per heavy atom. The highest BCUT2D eigenvalue weighted by atomic mass is 35.5. The Kier molecular flexibility index (Phi) is 3.24. The molecule has 0 radical (unpaired) electrons. The molecule has 1 N–H and O–H groups in total. The van der Waals surface area contributed by atoms with Crippen LogP contribution in [0.25, 0.3) is 0 Å². The lowest BCUT2D eigenvalue weighted by molar-refractivity contribution is -0.148. The van der Waals surface area contributed by atoms with Crippen LogP contribution in [0.2, 0.25) is 10.0 Å². The third-order valence-corrected chi connectivity index (χ3v) is 5.71. The quantitative estimate of drug-likeness (QED) is 0.847. The van der Waals surface area contributed by atoms with Crippen LogP contribution < -0.4 is 0 Å². The molecule has 3 aliphatic rings. The molecule has 7 heteroatoms. The zero-order chi connectivity index (χ0) is 16.4. The van der Waals surface area contributed by atoms with Gasteiger partial charge in [0.15, 0.2) is 0 Å². The highest BCUT2D eigenvalue weighted by molar-refractivity contribution is 6.42. The van der Waals surface area contributed by atoms with Gasteiger partial charge in [-0.25, -0.2) is 0 Å². The molecule has 1 spiro atoms. The molecule has 0 unspecified atom stereocenters. The maximum Gasteiger partial charge on any atom is 0.310 e. The molecule has 23 heavy (non-hydrogen) atoms. The van der Waals surface area contributed by atoms with E-state index in [9.17, 15) is 14.7 Å². The fourth-order valence-corrected chi connectivity index (χ4v) is 4.25. The number of nitrogens with zero attached hydrogens (tertiary/aromatic N) is 1. The van der Waals surface area contributed by atoms with E-state index in [4.69, 9.17) is 27.9 Å². The number of carbonyl (C=O) groups excluding carboxylic acids is 1. The number of benzene rings is 1. The van der Waals surface area contributed by atoms with Gasteiger partial charge in [0, 0.05) is 6.54 Å². The first-order valence-electron chi connectivity index (χ1n) is 7.24. The lowest BCUT2D eigenvalue weighted by atomic mass is 9.77. The van der Waals surface area contributed by atoms with Gasteiger partial charge in [0.2, 0.25) is 5.91 Å². The standard InChI is InChI=1S/C16H13Cl2NO4/c17-9-3-1-2-8(13(9)18)6-19-7-16-5-4-10(23-16)11(15(21)22)12(16)14(19)20/h1-5,10-12H,6-7H2,(H,21,22)/t10-,11+,12+,16+/m0/s1. The Morgan fingerprint density at radius 1 is 1.43 bits per heavy atom. The van der Waals surface area contributed by atoms with Crippen molar-refractivity contribution >= 4 is 35.1 Å². The average Bonchev–Trinajstić information content (AvgIpc) is 3.13. The number of rotatable bonds is 3. The van der Waals surface area contributed by atoms with Gasteiger partial charge in [0.25, 0.3) is 0 Å². The van der Waals surface area contributed by atoms with Crippen molar-refractivity contribution in [2.24, 2.45) is 11.8 Å². The fraction of sp³-hybridized carbons (Fsp3) is 0.375. The number of ether oxygens (including phenoxy) is 1. The number of halogens is 2. The summed E-state index contributed by atoms with van der Waals surface area (Å²) in [6.07, 6.45) is 3.07. The lowest BCUT2D eigenvalue weighted by Crippen LogP contribution is -2.39. The van der Waals surface area contributed by atoms with Gasteiger partial charge in [-0.15, -0.1) is 0 Å². The van der Waals surface area contributed by atoms with Crippen LogP contribution in [-0.4, -0.2) is 40.1 Å². The molecule has 2 bridgehead atoms. The van der Waals surface area contributed by atoms with Crippen molar-refractivity contribution in [3.05, 3.63) is 46.0 Å². The van der Waals surface area contributed by atoms with Gasteiger partial charge < -0.3 is 14.7 Å². The minimum Gasteiger partial charge on any atom is -0.481 e. The van der Waals surface area contributed by atoms with Crippen LogP contribution >= 0.6 is 23.2 Å². The van der Waals surface area contributed by atoms with Gasteiger partial charge in [-0.2, -0.15) is 0 Å². The minimum atomic E-state index is -0.998. The van der Waals surface area contributed by atoms with Crippen molar-refractivity contribution < 1.29 is 19.4 Å². The number of hydrogen-bond acceptors (Lipinski definition) is 3. The van der Waals surface area contributed by atoms with Crippen LogP contribution in [0.4, 0.5) is 0 Å². The summed E-state index contributed by atoms with van der Waals surface area (Å²) in [5.41, 5.74) is -0.0927. The zero-order valence-electron chi connectivity index (χ0n) is 11.9. The van der Waals surface area contributed by atoms with Gasteiger partial charge in [-0.3, -0.25) is 9.59 Å². The summed E-state index contributed by atoms with van der Waals surface area (Å²) in [5.74, 6) is -2.71. The molecule has 5 nitrogen and oxygen atoms in total. The SMILES string of the molecule is O=C(O)[C@@H]1[C@@H]2C=C[C@]3(CN(Cc4cccc(Cl)c4Cl)C(=O)[C@@H]13)O2. The van der Waals surface area contributed by atoms with Gasteiger partial charge in [0.05, 0.1) is 28.6 Å². The van der Waals surface area contributed by atoms with Crippen molar-refractivity contribution in [2.75, 3.05) is 6.54 Å². The highest BCUT2D eigenvalue weighted by Crippen LogP contribution is 2.52. The van der Waals surface area contributed by atoms with Crippen molar-refractivity contribution in [1.82, 2.24) is 4.90 Å². The van der Waals surface area contributed by atoms with Crippen molar-refractivity contribution in [2.45, 2.75) is 18.2 Å². The van der Waals surface area contributed by atoms with Crippen LogP contribution in [0.5, 0.6) is 0 Å². The smallest absolute Gasteiger partial charge is 0.310 e. The van der Waals surface area contributed by atoms with Crippen molar-refractivity contribution in [3.63, 3.8) is 0 Å². The third kappa shape index (κ3) is 2.04. The summed E-state index contributed by atoms with van der Waals surface area (Å²) in [6, 6.07) is 5.25. The maximum absolute atomic E-state index is 12.8. The molecule has 2 saturated heterocycles. The van der Waals surface area contributed by atoms with E-state index < -0.39 is 29.5 Å². The Hall–Kier alpha value is -1.56. The first-order chi connectivity index (χ1) is 10.9. The number of amides is 1. The molecule has 1 amide bonds. The summed E-state index contributed by atoms with van der Waals surface area (Å²) < 4.78 is 5.84. The van der Waals surface area contributed by atoms with Gasteiger partial charge >= 0.3 is 5.97 Å². The van der Waals surface area contributed by atoms with Crippen molar-refractivity contribution in [1.29, 1.82) is 0 Å². The van der Waals surface area contributed by atoms with Gasteiger partial charge in [-0.1, -0.05) is 47.5 Å².